The van der Waals surface area contributed by atoms with Crippen molar-refractivity contribution < 1.29 is 9.52 Å². The number of nitrogens with zero attached hydrogens (tertiary/aromatic N) is 3. The average Bonchev–Trinajstić information content (AvgIpc) is 2.98. The van der Waals surface area contributed by atoms with Crippen LogP contribution in [0.15, 0.2) is 4.42 Å². The standard InChI is InChI=1S/C12H22N4O2/c1-4-13-8(2)11-14-15-12(18-11)16-6-5-10(7-16)9(3)17/h8-10,13,17H,4-7H2,1-3H3. The van der Waals surface area contributed by atoms with Gasteiger partial charge in [0, 0.05) is 19.0 Å². The zero-order valence-electron chi connectivity index (χ0n) is 11.3. The van der Waals surface area contributed by atoms with Gasteiger partial charge in [-0.05, 0) is 26.8 Å². The third-order valence-corrected chi connectivity index (χ3v) is 3.49. The first-order valence-electron chi connectivity index (χ1n) is 6.61. The zero-order chi connectivity index (χ0) is 13.1. The van der Waals surface area contributed by atoms with E-state index in [-0.39, 0.29) is 12.1 Å². The highest BCUT2D eigenvalue weighted by atomic mass is 16.4. The molecule has 1 aromatic rings. The van der Waals surface area contributed by atoms with Gasteiger partial charge in [0.25, 0.3) is 0 Å². The van der Waals surface area contributed by atoms with Crippen LogP contribution in [0.25, 0.3) is 0 Å². The maximum atomic E-state index is 9.58. The molecule has 0 aromatic carbocycles. The second kappa shape index (κ2) is 5.67. The number of nitrogens with one attached hydrogen (secondary N) is 1. The van der Waals surface area contributed by atoms with Gasteiger partial charge in [-0.1, -0.05) is 12.0 Å². The largest absolute Gasteiger partial charge is 0.406 e. The van der Waals surface area contributed by atoms with Crippen molar-refractivity contribution in [1.82, 2.24) is 15.5 Å². The molecule has 0 aliphatic carbocycles. The molecule has 2 heterocycles. The van der Waals surface area contributed by atoms with Crippen LogP contribution in [0.1, 0.15) is 39.1 Å². The SMILES string of the molecule is CCNC(C)c1nnc(N2CCC(C(C)O)C2)o1. The second-order valence-corrected chi connectivity index (χ2v) is 4.94. The van der Waals surface area contributed by atoms with Gasteiger partial charge in [0.15, 0.2) is 0 Å². The molecule has 6 nitrogen and oxygen atoms in total. The Labute approximate surface area is 107 Å². The van der Waals surface area contributed by atoms with Crippen molar-refractivity contribution >= 4 is 6.01 Å². The van der Waals surface area contributed by atoms with E-state index in [9.17, 15) is 5.11 Å². The number of anilines is 1. The maximum Gasteiger partial charge on any atom is 0.318 e. The van der Waals surface area contributed by atoms with Crippen molar-refractivity contribution in [3.8, 4) is 0 Å². The molecular weight excluding hydrogens is 232 g/mol. The van der Waals surface area contributed by atoms with Crippen molar-refractivity contribution in [3.63, 3.8) is 0 Å². The fraction of sp³-hybridized carbons (Fsp3) is 0.833. The number of aliphatic hydroxyl groups excluding tert-OH is 1. The van der Waals surface area contributed by atoms with E-state index in [1.165, 1.54) is 0 Å². The molecule has 3 atom stereocenters. The third-order valence-electron chi connectivity index (χ3n) is 3.49. The summed E-state index contributed by atoms with van der Waals surface area (Å²) in [6, 6.07) is 0.643. The molecule has 1 aromatic heterocycles. The summed E-state index contributed by atoms with van der Waals surface area (Å²) in [4.78, 5) is 2.05. The molecule has 102 valence electrons. The molecule has 0 saturated carbocycles. The minimum atomic E-state index is -0.280. The van der Waals surface area contributed by atoms with Crippen LogP contribution >= 0.6 is 0 Å². The molecule has 1 saturated heterocycles. The Morgan fingerprint density at radius 3 is 2.89 bits per heavy atom. The molecular formula is C12H22N4O2. The predicted molar refractivity (Wildman–Crippen MR) is 68.4 cm³/mol. The van der Waals surface area contributed by atoms with Crippen LogP contribution in [0.3, 0.4) is 0 Å². The van der Waals surface area contributed by atoms with Gasteiger partial charge in [-0.2, -0.15) is 0 Å². The summed E-state index contributed by atoms with van der Waals surface area (Å²) in [5.41, 5.74) is 0. The molecule has 0 spiro atoms. The van der Waals surface area contributed by atoms with Gasteiger partial charge in [-0.3, -0.25) is 0 Å². The summed E-state index contributed by atoms with van der Waals surface area (Å²) in [5, 5.41) is 21.0. The zero-order valence-corrected chi connectivity index (χ0v) is 11.3. The van der Waals surface area contributed by atoms with E-state index >= 15 is 0 Å². The van der Waals surface area contributed by atoms with Crippen molar-refractivity contribution in [3.05, 3.63) is 5.89 Å². The molecule has 2 N–H and O–H groups in total. The lowest BCUT2D eigenvalue weighted by Crippen LogP contribution is -2.24. The molecule has 1 aliphatic rings. The average molecular weight is 254 g/mol. The van der Waals surface area contributed by atoms with Gasteiger partial charge >= 0.3 is 6.01 Å². The van der Waals surface area contributed by atoms with Crippen LogP contribution in [0.5, 0.6) is 0 Å². The quantitative estimate of drug-likeness (QED) is 0.815. The predicted octanol–water partition coefficient (Wildman–Crippen LogP) is 0.947. The van der Waals surface area contributed by atoms with Crippen molar-refractivity contribution in [1.29, 1.82) is 0 Å². The third kappa shape index (κ3) is 2.81. The van der Waals surface area contributed by atoms with E-state index in [1.54, 1.807) is 0 Å². The summed E-state index contributed by atoms with van der Waals surface area (Å²) in [6.07, 6.45) is 0.691. The van der Waals surface area contributed by atoms with Gasteiger partial charge in [0.2, 0.25) is 5.89 Å². The van der Waals surface area contributed by atoms with Gasteiger partial charge in [0.1, 0.15) is 0 Å². The molecule has 2 rings (SSSR count). The molecule has 0 bridgehead atoms. The van der Waals surface area contributed by atoms with Crippen LogP contribution in [0.4, 0.5) is 6.01 Å². The van der Waals surface area contributed by atoms with Crippen LogP contribution in [-0.4, -0.2) is 41.0 Å². The smallest absolute Gasteiger partial charge is 0.318 e. The number of rotatable bonds is 5. The van der Waals surface area contributed by atoms with E-state index in [1.807, 2.05) is 25.7 Å². The molecule has 18 heavy (non-hydrogen) atoms. The topological polar surface area (TPSA) is 74.4 Å². The lowest BCUT2D eigenvalue weighted by molar-refractivity contribution is 0.136. The van der Waals surface area contributed by atoms with E-state index in [0.29, 0.717) is 17.8 Å². The maximum absolute atomic E-state index is 9.58. The highest BCUT2D eigenvalue weighted by molar-refractivity contribution is 5.26. The Bertz CT molecular complexity index is 380. The van der Waals surface area contributed by atoms with E-state index in [2.05, 4.69) is 15.5 Å². The first-order valence-corrected chi connectivity index (χ1v) is 6.61. The lowest BCUT2D eigenvalue weighted by atomic mass is 10.0. The van der Waals surface area contributed by atoms with Gasteiger partial charge in [-0.25, -0.2) is 0 Å². The second-order valence-electron chi connectivity index (χ2n) is 4.94. The van der Waals surface area contributed by atoms with Crippen LogP contribution in [0.2, 0.25) is 0 Å². The van der Waals surface area contributed by atoms with Crippen molar-refractivity contribution in [2.45, 2.75) is 39.3 Å². The highest BCUT2D eigenvalue weighted by Gasteiger charge is 2.29. The number of hydrogen-bond acceptors (Lipinski definition) is 6. The Hall–Kier alpha value is -1.14. The van der Waals surface area contributed by atoms with Gasteiger partial charge in [0.05, 0.1) is 12.1 Å². The minimum absolute atomic E-state index is 0.0754. The van der Waals surface area contributed by atoms with E-state index in [4.69, 9.17) is 4.42 Å². The number of aromatic nitrogens is 2. The molecule has 3 unspecified atom stereocenters. The summed E-state index contributed by atoms with van der Waals surface area (Å²) in [5.74, 6) is 0.916. The van der Waals surface area contributed by atoms with Crippen molar-refractivity contribution in [2.75, 3.05) is 24.5 Å². The Morgan fingerprint density at radius 2 is 2.28 bits per heavy atom. The van der Waals surface area contributed by atoms with Crippen LogP contribution in [-0.2, 0) is 0 Å². The molecule has 1 aliphatic heterocycles. The fourth-order valence-corrected chi connectivity index (χ4v) is 2.28. The summed E-state index contributed by atoms with van der Waals surface area (Å²) < 4.78 is 5.67. The summed E-state index contributed by atoms with van der Waals surface area (Å²) in [7, 11) is 0. The summed E-state index contributed by atoms with van der Waals surface area (Å²) in [6.45, 7) is 8.40. The first kappa shape index (κ1) is 13.3. The lowest BCUT2D eigenvalue weighted by Gasteiger charge is -2.15. The van der Waals surface area contributed by atoms with Crippen LogP contribution < -0.4 is 10.2 Å². The molecule has 1 fully saturated rings. The van der Waals surface area contributed by atoms with Gasteiger partial charge in [-0.15, -0.1) is 5.10 Å². The van der Waals surface area contributed by atoms with Crippen molar-refractivity contribution in [2.24, 2.45) is 5.92 Å². The number of aliphatic hydroxyl groups is 1. The minimum Gasteiger partial charge on any atom is -0.406 e. The monoisotopic (exact) mass is 254 g/mol. The number of hydrogen-bond donors (Lipinski definition) is 2. The molecule has 0 radical (unpaired) electrons. The fourth-order valence-electron chi connectivity index (χ4n) is 2.28. The summed E-state index contributed by atoms with van der Waals surface area (Å²) >= 11 is 0. The van der Waals surface area contributed by atoms with E-state index < -0.39 is 0 Å². The Balaban J connectivity index is 1.98. The first-order chi connectivity index (χ1) is 8.61. The Kier molecular flexibility index (Phi) is 4.19. The molecule has 0 amide bonds. The highest BCUT2D eigenvalue weighted by Crippen LogP contribution is 2.25. The Morgan fingerprint density at radius 1 is 1.50 bits per heavy atom. The van der Waals surface area contributed by atoms with Crippen LogP contribution in [0, 0.1) is 5.92 Å². The molecule has 6 heteroatoms. The normalized spacial score (nSPS) is 23.3. The van der Waals surface area contributed by atoms with E-state index in [0.717, 1.165) is 26.1 Å². The van der Waals surface area contributed by atoms with Gasteiger partial charge < -0.3 is 19.7 Å².